The molecule has 2 atom stereocenters. The molecule has 2 aromatic rings. The highest BCUT2D eigenvalue weighted by Crippen LogP contribution is 2.65. The normalized spacial score (nSPS) is 23.7. The van der Waals surface area contributed by atoms with Crippen molar-refractivity contribution in [3.05, 3.63) is 71.8 Å². The Bertz CT molecular complexity index is 392. The molecule has 1 aliphatic rings. The van der Waals surface area contributed by atoms with Gasteiger partial charge < -0.3 is 0 Å². The first kappa shape index (κ1) is 9.05. The van der Waals surface area contributed by atoms with Gasteiger partial charge in [0.15, 0.2) is 0 Å². The third kappa shape index (κ3) is 1.80. The smallest absolute Gasteiger partial charge is 0.0463 e. The van der Waals surface area contributed by atoms with E-state index in [1.165, 1.54) is 11.1 Å². The Kier molecular flexibility index (Phi) is 2.26. The fourth-order valence-corrected chi connectivity index (χ4v) is 3.07. The maximum absolute atomic E-state index is 2.22. The van der Waals surface area contributed by atoms with Crippen LogP contribution >= 0.6 is 11.8 Å². The minimum atomic E-state index is 0.675. The quantitative estimate of drug-likeness (QED) is 0.672. The van der Waals surface area contributed by atoms with E-state index >= 15 is 0 Å². The molecular weight excluding hydrogens is 200 g/mol. The SMILES string of the molecule is c1ccc([C@@H]2S[C@H]2c2ccccc2)cc1. The zero-order chi connectivity index (χ0) is 10.1. The lowest BCUT2D eigenvalue weighted by Gasteiger charge is -1.98. The van der Waals surface area contributed by atoms with E-state index in [0.29, 0.717) is 10.5 Å². The van der Waals surface area contributed by atoms with E-state index in [4.69, 9.17) is 0 Å². The van der Waals surface area contributed by atoms with Gasteiger partial charge in [-0.2, -0.15) is 0 Å². The van der Waals surface area contributed by atoms with Crippen LogP contribution in [0.4, 0.5) is 0 Å². The molecule has 1 fully saturated rings. The standard InChI is InChI=1S/C14H12S/c1-3-7-11(8-4-1)13-14(15-13)12-9-5-2-6-10-12/h1-10,13-14H/t13-,14-/m0/s1. The summed E-state index contributed by atoms with van der Waals surface area (Å²) >= 11 is 2.04. The van der Waals surface area contributed by atoms with Crippen LogP contribution in [0.1, 0.15) is 21.6 Å². The van der Waals surface area contributed by atoms with E-state index in [-0.39, 0.29) is 0 Å². The molecule has 0 aromatic heterocycles. The highest BCUT2D eigenvalue weighted by molar-refractivity contribution is 8.06. The van der Waals surface area contributed by atoms with Gasteiger partial charge in [0.05, 0.1) is 0 Å². The molecule has 0 nitrogen and oxygen atoms in total. The molecule has 74 valence electrons. The van der Waals surface area contributed by atoms with Gasteiger partial charge in [-0.3, -0.25) is 0 Å². The van der Waals surface area contributed by atoms with Crippen LogP contribution in [0.25, 0.3) is 0 Å². The summed E-state index contributed by atoms with van der Waals surface area (Å²) in [5.41, 5.74) is 2.91. The largest absolute Gasteiger partial charge is 0.143 e. The third-order valence-corrected chi connectivity index (χ3v) is 4.11. The van der Waals surface area contributed by atoms with E-state index in [1.54, 1.807) is 0 Å². The van der Waals surface area contributed by atoms with Crippen molar-refractivity contribution >= 4 is 11.8 Å². The maximum atomic E-state index is 2.22. The second-order valence-corrected chi connectivity index (χ2v) is 5.09. The fraction of sp³-hybridized carbons (Fsp3) is 0.143. The second kappa shape index (κ2) is 3.74. The van der Waals surface area contributed by atoms with Gasteiger partial charge in [0.2, 0.25) is 0 Å². The second-order valence-electron chi connectivity index (χ2n) is 3.80. The van der Waals surface area contributed by atoms with Crippen molar-refractivity contribution in [2.75, 3.05) is 0 Å². The summed E-state index contributed by atoms with van der Waals surface area (Å²) in [6, 6.07) is 21.5. The van der Waals surface area contributed by atoms with Crippen molar-refractivity contribution in [1.82, 2.24) is 0 Å². The predicted molar refractivity (Wildman–Crippen MR) is 66.0 cm³/mol. The molecule has 0 N–H and O–H groups in total. The summed E-state index contributed by atoms with van der Waals surface area (Å²) in [6.07, 6.45) is 0. The lowest BCUT2D eigenvalue weighted by molar-refractivity contribution is 1.03. The lowest BCUT2D eigenvalue weighted by atomic mass is 10.0. The number of benzene rings is 2. The molecule has 0 bridgehead atoms. The monoisotopic (exact) mass is 212 g/mol. The van der Waals surface area contributed by atoms with E-state index in [0.717, 1.165) is 0 Å². The molecule has 15 heavy (non-hydrogen) atoms. The Morgan fingerprint density at radius 1 is 0.600 bits per heavy atom. The first-order chi connectivity index (χ1) is 7.45. The molecule has 1 heteroatoms. The van der Waals surface area contributed by atoms with Gasteiger partial charge in [0.1, 0.15) is 0 Å². The zero-order valence-electron chi connectivity index (χ0n) is 8.34. The summed E-state index contributed by atoms with van der Waals surface area (Å²) in [4.78, 5) is 0. The number of hydrogen-bond acceptors (Lipinski definition) is 1. The van der Waals surface area contributed by atoms with Crippen LogP contribution in [-0.4, -0.2) is 0 Å². The Morgan fingerprint density at radius 2 is 1.00 bits per heavy atom. The molecular formula is C14H12S. The first-order valence-corrected chi connectivity index (χ1v) is 6.15. The van der Waals surface area contributed by atoms with Gasteiger partial charge in [-0.15, -0.1) is 11.8 Å². The third-order valence-electron chi connectivity index (χ3n) is 2.75. The van der Waals surface area contributed by atoms with Crippen molar-refractivity contribution in [3.8, 4) is 0 Å². The van der Waals surface area contributed by atoms with Crippen LogP contribution in [0.2, 0.25) is 0 Å². The number of hydrogen-bond donors (Lipinski definition) is 0. The van der Waals surface area contributed by atoms with E-state index in [9.17, 15) is 0 Å². The van der Waals surface area contributed by atoms with Crippen LogP contribution in [0.5, 0.6) is 0 Å². The maximum Gasteiger partial charge on any atom is 0.0463 e. The van der Waals surface area contributed by atoms with Gasteiger partial charge >= 0.3 is 0 Å². The fourth-order valence-electron chi connectivity index (χ4n) is 1.90. The molecule has 3 rings (SSSR count). The van der Waals surface area contributed by atoms with Gasteiger partial charge in [-0.25, -0.2) is 0 Å². The van der Waals surface area contributed by atoms with Gasteiger partial charge in [0, 0.05) is 10.5 Å². The first-order valence-electron chi connectivity index (χ1n) is 5.20. The average Bonchev–Trinajstić information content (AvgIpc) is 3.11. The van der Waals surface area contributed by atoms with Gasteiger partial charge in [-0.05, 0) is 11.1 Å². The van der Waals surface area contributed by atoms with Crippen molar-refractivity contribution in [2.24, 2.45) is 0 Å². The molecule has 0 unspecified atom stereocenters. The van der Waals surface area contributed by atoms with Gasteiger partial charge in [0.25, 0.3) is 0 Å². The van der Waals surface area contributed by atoms with Crippen molar-refractivity contribution in [1.29, 1.82) is 0 Å². The molecule has 1 aliphatic heterocycles. The Balaban J connectivity index is 1.81. The zero-order valence-corrected chi connectivity index (χ0v) is 9.15. The Hall–Kier alpha value is -1.21. The van der Waals surface area contributed by atoms with Crippen molar-refractivity contribution in [2.45, 2.75) is 10.5 Å². The Labute approximate surface area is 94.3 Å². The minimum Gasteiger partial charge on any atom is -0.143 e. The summed E-state index contributed by atoms with van der Waals surface area (Å²) in [6.45, 7) is 0. The van der Waals surface area contributed by atoms with Crippen LogP contribution in [-0.2, 0) is 0 Å². The van der Waals surface area contributed by atoms with Crippen LogP contribution in [0.3, 0.4) is 0 Å². The highest BCUT2D eigenvalue weighted by Gasteiger charge is 2.40. The van der Waals surface area contributed by atoms with E-state index in [1.807, 2.05) is 11.8 Å². The molecule has 1 saturated heterocycles. The van der Waals surface area contributed by atoms with Crippen LogP contribution in [0, 0.1) is 0 Å². The summed E-state index contributed by atoms with van der Waals surface area (Å²) in [7, 11) is 0. The number of rotatable bonds is 2. The average molecular weight is 212 g/mol. The van der Waals surface area contributed by atoms with E-state index in [2.05, 4.69) is 60.7 Å². The topological polar surface area (TPSA) is 0 Å². The molecule has 0 amide bonds. The van der Waals surface area contributed by atoms with Gasteiger partial charge in [-0.1, -0.05) is 60.7 Å². The van der Waals surface area contributed by atoms with Crippen molar-refractivity contribution < 1.29 is 0 Å². The van der Waals surface area contributed by atoms with Crippen LogP contribution in [0.15, 0.2) is 60.7 Å². The molecule has 0 saturated carbocycles. The molecule has 0 spiro atoms. The lowest BCUT2D eigenvalue weighted by Crippen LogP contribution is -1.82. The number of thioether (sulfide) groups is 1. The summed E-state index contributed by atoms with van der Waals surface area (Å²) < 4.78 is 0. The van der Waals surface area contributed by atoms with E-state index < -0.39 is 0 Å². The van der Waals surface area contributed by atoms with Crippen LogP contribution < -0.4 is 0 Å². The van der Waals surface area contributed by atoms with Crippen molar-refractivity contribution in [3.63, 3.8) is 0 Å². The predicted octanol–water partition coefficient (Wildman–Crippen LogP) is 4.22. The molecule has 0 aliphatic carbocycles. The minimum absolute atomic E-state index is 0.675. The molecule has 0 radical (unpaired) electrons. The highest BCUT2D eigenvalue weighted by atomic mass is 32.2. The Morgan fingerprint density at radius 3 is 1.40 bits per heavy atom. The molecule has 1 heterocycles. The summed E-state index contributed by atoms with van der Waals surface area (Å²) in [5, 5.41) is 1.35. The summed E-state index contributed by atoms with van der Waals surface area (Å²) in [5.74, 6) is 0. The molecule has 2 aromatic carbocycles.